The van der Waals surface area contributed by atoms with Gasteiger partial charge in [-0.2, -0.15) is 0 Å². The van der Waals surface area contributed by atoms with Crippen LogP contribution in [0, 0.1) is 11.7 Å². The minimum Gasteiger partial charge on any atom is -0.347 e. The third-order valence-corrected chi connectivity index (χ3v) is 6.03. The van der Waals surface area contributed by atoms with Crippen LogP contribution in [-0.4, -0.2) is 54.0 Å². The molecule has 0 bridgehead atoms. The Balaban J connectivity index is 1.76. The second kappa shape index (κ2) is 8.65. The molecule has 160 valence electrons. The van der Waals surface area contributed by atoms with Crippen LogP contribution in [0.2, 0.25) is 0 Å². The van der Waals surface area contributed by atoms with Gasteiger partial charge in [-0.15, -0.1) is 0 Å². The summed E-state index contributed by atoms with van der Waals surface area (Å²) in [4.78, 5) is 26.7. The number of rotatable bonds is 4. The number of anilines is 1. The highest BCUT2D eigenvalue weighted by atomic mass is 19.1. The van der Waals surface area contributed by atoms with Gasteiger partial charge in [0.1, 0.15) is 5.82 Å². The number of hydrogen-bond donors (Lipinski definition) is 2. The first-order valence-corrected chi connectivity index (χ1v) is 10.5. The Bertz CT molecular complexity index is 903. The lowest BCUT2D eigenvalue weighted by molar-refractivity contribution is -0.139. The summed E-state index contributed by atoms with van der Waals surface area (Å²) in [6, 6.07) is 6.34. The molecule has 3 atom stereocenters. The topological polar surface area (TPSA) is 73.4 Å². The largest absolute Gasteiger partial charge is 0.347 e. The van der Waals surface area contributed by atoms with Crippen LogP contribution in [0.25, 0.3) is 11.1 Å². The van der Waals surface area contributed by atoms with Crippen LogP contribution < -0.4 is 15.8 Å². The molecule has 2 N–H and O–H groups in total. The number of halogens is 1. The van der Waals surface area contributed by atoms with Crippen molar-refractivity contribution in [3.63, 3.8) is 0 Å². The number of hydrogen-bond acceptors (Lipinski definition) is 6. The third-order valence-electron chi connectivity index (χ3n) is 6.03. The van der Waals surface area contributed by atoms with E-state index in [1.165, 1.54) is 12.1 Å². The highest BCUT2D eigenvalue weighted by Gasteiger charge is 2.38. The fourth-order valence-electron chi connectivity index (χ4n) is 4.31. The third kappa shape index (κ3) is 4.02. The van der Waals surface area contributed by atoms with Gasteiger partial charge in [0.05, 0.1) is 17.7 Å². The van der Waals surface area contributed by atoms with Crippen molar-refractivity contribution in [2.24, 2.45) is 5.92 Å². The molecule has 2 saturated heterocycles. The summed E-state index contributed by atoms with van der Waals surface area (Å²) in [7, 11) is 3.80. The van der Waals surface area contributed by atoms with E-state index in [-0.39, 0.29) is 29.7 Å². The maximum Gasteiger partial charge on any atom is 0.229 e. The average Bonchev–Trinajstić information content (AvgIpc) is 3.19. The molecule has 0 spiro atoms. The van der Waals surface area contributed by atoms with Crippen LogP contribution in [-0.2, 0) is 4.79 Å². The molecule has 1 amide bonds. The number of likely N-dealkylation sites (tertiary alicyclic amines) is 1. The molecule has 1 aromatic heterocycles. The molecule has 7 nitrogen and oxygen atoms in total. The van der Waals surface area contributed by atoms with E-state index in [0.717, 1.165) is 42.6 Å². The molecular weight excluding hydrogens is 383 g/mol. The van der Waals surface area contributed by atoms with Crippen LogP contribution in [0.1, 0.15) is 37.9 Å². The summed E-state index contributed by atoms with van der Waals surface area (Å²) in [6.07, 6.45) is 4.67. The second-order valence-corrected chi connectivity index (χ2v) is 8.33. The predicted molar refractivity (Wildman–Crippen MR) is 114 cm³/mol. The van der Waals surface area contributed by atoms with Crippen molar-refractivity contribution >= 4 is 11.9 Å². The van der Waals surface area contributed by atoms with Gasteiger partial charge in [0.2, 0.25) is 11.9 Å². The van der Waals surface area contributed by atoms with Crippen molar-refractivity contribution in [2.75, 3.05) is 32.1 Å². The Morgan fingerprint density at radius 1 is 1.23 bits per heavy atom. The van der Waals surface area contributed by atoms with Gasteiger partial charge in [-0.25, -0.2) is 14.4 Å². The summed E-state index contributed by atoms with van der Waals surface area (Å²) in [5.74, 6) is 0.372. The quantitative estimate of drug-likeness (QED) is 0.804. The zero-order valence-corrected chi connectivity index (χ0v) is 17.7. The monoisotopic (exact) mass is 412 g/mol. The maximum absolute atomic E-state index is 13.5. The lowest BCUT2D eigenvalue weighted by Gasteiger charge is -2.38. The number of piperidine rings is 1. The first kappa shape index (κ1) is 20.7. The molecule has 4 rings (SSSR count). The van der Waals surface area contributed by atoms with Gasteiger partial charge in [0.25, 0.3) is 0 Å². The molecule has 8 heteroatoms. The lowest BCUT2D eigenvalue weighted by Crippen LogP contribution is -2.45. The van der Waals surface area contributed by atoms with Crippen molar-refractivity contribution < 1.29 is 9.18 Å². The zero-order chi connectivity index (χ0) is 21.3. The highest BCUT2D eigenvalue weighted by Crippen LogP contribution is 2.37. The summed E-state index contributed by atoms with van der Waals surface area (Å²) < 4.78 is 13.5. The molecule has 1 aromatic carbocycles. The Morgan fingerprint density at radius 2 is 2.00 bits per heavy atom. The van der Waals surface area contributed by atoms with Crippen molar-refractivity contribution in [3.05, 3.63) is 42.0 Å². The fraction of sp³-hybridized carbons (Fsp3) is 0.500. The number of benzene rings is 1. The zero-order valence-electron chi connectivity index (χ0n) is 17.7. The standard InChI is InChI=1S/C22H29FN6O/c1-14-17(13-25-27-14)21(30)29-11-5-4-6-19(29)20-18(12-24-22(26-20)28(2)3)15-7-9-16(23)10-8-15/h7-10,12,14,17,19,25,27H,4-6,11,13H2,1-3H3. The number of hydrazine groups is 1. The second-order valence-electron chi connectivity index (χ2n) is 8.33. The number of nitrogens with one attached hydrogen (secondary N) is 2. The van der Waals surface area contributed by atoms with E-state index in [4.69, 9.17) is 4.98 Å². The van der Waals surface area contributed by atoms with Gasteiger partial charge in [0.15, 0.2) is 0 Å². The minimum atomic E-state index is -0.282. The van der Waals surface area contributed by atoms with E-state index in [1.807, 2.05) is 30.8 Å². The Labute approximate surface area is 176 Å². The van der Waals surface area contributed by atoms with Crippen LogP contribution in [0.5, 0.6) is 0 Å². The molecule has 0 saturated carbocycles. The minimum absolute atomic E-state index is 0.0828. The van der Waals surface area contributed by atoms with Gasteiger partial charge in [-0.3, -0.25) is 15.6 Å². The molecule has 2 aromatic rings. The number of amides is 1. The number of carbonyl (C=O) groups excluding carboxylic acids is 1. The highest BCUT2D eigenvalue weighted by molar-refractivity contribution is 5.81. The Morgan fingerprint density at radius 3 is 2.67 bits per heavy atom. The van der Waals surface area contributed by atoms with Crippen molar-refractivity contribution in [3.8, 4) is 11.1 Å². The van der Waals surface area contributed by atoms with Crippen LogP contribution in [0.15, 0.2) is 30.5 Å². The van der Waals surface area contributed by atoms with Crippen LogP contribution >= 0.6 is 0 Å². The Hall–Kier alpha value is -2.58. The summed E-state index contributed by atoms with van der Waals surface area (Å²) >= 11 is 0. The molecule has 0 radical (unpaired) electrons. The predicted octanol–water partition coefficient (Wildman–Crippen LogP) is 2.51. The van der Waals surface area contributed by atoms with E-state index >= 15 is 0 Å². The summed E-state index contributed by atoms with van der Waals surface area (Å²) in [5.41, 5.74) is 8.78. The van der Waals surface area contributed by atoms with Crippen LogP contribution in [0.4, 0.5) is 10.3 Å². The fourth-order valence-corrected chi connectivity index (χ4v) is 4.31. The normalized spacial score (nSPS) is 24.1. The van der Waals surface area contributed by atoms with Crippen molar-refractivity contribution in [2.45, 2.75) is 38.3 Å². The number of aromatic nitrogens is 2. The SMILES string of the molecule is CC1NNCC1C(=O)N1CCCCC1c1nc(N(C)C)ncc1-c1ccc(F)cc1. The first-order chi connectivity index (χ1) is 14.5. The van der Waals surface area contributed by atoms with E-state index < -0.39 is 0 Å². The van der Waals surface area contributed by atoms with Gasteiger partial charge < -0.3 is 9.80 Å². The van der Waals surface area contributed by atoms with Gasteiger partial charge >= 0.3 is 0 Å². The number of carbonyl (C=O) groups is 1. The van der Waals surface area contributed by atoms with Gasteiger partial charge in [-0.05, 0) is 43.9 Å². The van der Waals surface area contributed by atoms with E-state index in [2.05, 4.69) is 15.8 Å². The lowest BCUT2D eigenvalue weighted by atomic mass is 9.91. The van der Waals surface area contributed by atoms with E-state index in [1.54, 1.807) is 18.3 Å². The average molecular weight is 413 g/mol. The van der Waals surface area contributed by atoms with Gasteiger partial charge in [-0.1, -0.05) is 12.1 Å². The molecular formula is C22H29FN6O. The molecule has 30 heavy (non-hydrogen) atoms. The molecule has 2 aliphatic heterocycles. The molecule has 2 aliphatic rings. The van der Waals surface area contributed by atoms with Crippen molar-refractivity contribution in [1.82, 2.24) is 25.7 Å². The molecule has 3 unspecified atom stereocenters. The van der Waals surface area contributed by atoms with Gasteiger partial charge in [0, 0.05) is 45.0 Å². The maximum atomic E-state index is 13.5. The molecule has 3 heterocycles. The van der Waals surface area contributed by atoms with Crippen molar-refractivity contribution in [1.29, 1.82) is 0 Å². The van der Waals surface area contributed by atoms with Crippen LogP contribution in [0.3, 0.4) is 0 Å². The van der Waals surface area contributed by atoms with E-state index in [9.17, 15) is 9.18 Å². The number of nitrogens with zero attached hydrogens (tertiary/aromatic N) is 4. The first-order valence-electron chi connectivity index (χ1n) is 10.5. The Kier molecular flexibility index (Phi) is 5.97. The van der Waals surface area contributed by atoms with E-state index in [0.29, 0.717) is 12.5 Å². The summed E-state index contributed by atoms with van der Waals surface area (Å²) in [5, 5.41) is 0. The molecule has 2 fully saturated rings. The molecule has 0 aliphatic carbocycles. The summed E-state index contributed by atoms with van der Waals surface area (Å²) in [6.45, 7) is 3.37. The smallest absolute Gasteiger partial charge is 0.229 e.